The molecule has 0 radical (unpaired) electrons. The molecule has 5 rings (SSSR count). The molecule has 0 aliphatic rings. The molecule has 1 N–H and O–H groups in total. The SMILES string of the molecule is Fc1ccc(-c2nc(CCc3nc(-c4ccccc4)n[nH]3)cn2-c2ccc(Cl)cc2)cc1. The molecule has 2 aromatic heterocycles. The second kappa shape index (κ2) is 8.77. The summed E-state index contributed by atoms with van der Waals surface area (Å²) in [6, 6.07) is 23.7. The molecule has 0 saturated carbocycles. The van der Waals surface area contributed by atoms with Crippen molar-refractivity contribution in [1.82, 2.24) is 24.7 Å². The quantitative estimate of drug-likeness (QED) is 0.355. The van der Waals surface area contributed by atoms with Gasteiger partial charge in [-0.2, -0.15) is 5.10 Å². The first-order valence-electron chi connectivity index (χ1n) is 10.2. The standard InChI is InChI=1S/C25H19ClFN5/c26-19-8-13-22(14-9-19)32-16-21(28-25(32)18-6-10-20(27)11-7-18)12-15-23-29-24(31-30-23)17-4-2-1-3-5-17/h1-11,13-14,16H,12,15H2,(H,29,30,31). The van der Waals surface area contributed by atoms with E-state index in [-0.39, 0.29) is 5.82 Å². The fraction of sp³-hybridized carbons (Fsp3) is 0.0800. The lowest BCUT2D eigenvalue weighted by atomic mass is 10.2. The molecule has 7 heteroatoms. The molecule has 0 spiro atoms. The number of rotatable bonds is 6. The third-order valence-electron chi connectivity index (χ3n) is 5.14. The molecular weight excluding hydrogens is 425 g/mol. The van der Waals surface area contributed by atoms with Gasteiger partial charge in [0.05, 0.1) is 5.69 Å². The molecule has 2 heterocycles. The maximum atomic E-state index is 13.5. The summed E-state index contributed by atoms with van der Waals surface area (Å²) in [5.41, 5.74) is 3.63. The van der Waals surface area contributed by atoms with E-state index in [1.807, 2.05) is 65.4 Å². The first-order chi connectivity index (χ1) is 15.7. The third kappa shape index (κ3) is 4.31. The van der Waals surface area contributed by atoms with Crippen LogP contribution in [-0.4, -0.2) is 24.7 Å². The summed E-state index contributed by atoms with van der Waals surface area (Å²) < 4.78 is 15.4. The number of aromatic nitrogens is 5. The van der Waals surface area contributed by atoms with E-state index in [9.17, 15) is 4.39 Å². The lowest BCUT2D eigenvalue weighted by molar-refractivity contribution is 0.628. The van der Waals surface area contributed by atoms with Crippen LogP contribution in [0, 0.1) is 5.82 Å². The highest BCUT2D eigenvalue weighted by atomic mass is 35.5. The summed E-state index contributed by atoms with van der Waals surface area (Å²) in [5, 5.41) is 8.01. The van der Waals surface area contributed by atoms with Crippen molar-refractivity contribution in [1.29, 1.82) is 0 Å². The summed E-state index contributed by atoms with van der Waals surface area (Å²) in [5.74, 6) is 1.94. The van der Waals surface area contributed by atoms with Gasteiger partial charge in [0.15, 0.2) is 5.82 Å². The highest BCUT2D eigenvalue weighted by Crippen LogP contribution is 2.25. The van der Waals surface area contributed by atoms with Crippen LogP contribution in [0.2, 0.25) is 5.02 Å². The average Bonchev–Trinajstić information content (AvgIpc) is 3.47. The highest BCUT2D eigenvalue weighted by molar-refractivity contribution is 6.30. The first kappa shape index (κ1) is 20.2. The van der Waals surface area contributed by atoms with Gasteiger partial charge >= 0.3 is 0 Å². The third-order valence-corrected chi connectivity index (χ3v) is 5.40. The van der Waals surface area contributed by atoms with Gasteiger partial charge in [-0.05, 0) is 55.0 Å². The Balaban J connectivity index is 1.42. The number of imidazole rings is 1. The molecule has 0 unspecified atom stereocenters. The number of hydrogen-bond acceptors (Lipinski definition) is 3. The Labute approximate surface area is 189 Å². The van der Waals surface area contributed by atoms with Crippen LogP contribution in [0.25, 0.3) is 28.5 Å². The molecule has 3 aromatic carbocycles. The Morgan fingerprint density at radius 1 is 0.812 bits per heavy atom. The second-order valence-electron chi connectivity index (χ2n) is 7.38. The minimum atomic E-state index is -0.280. The number of hydrogen-bond donors (Lipinski definition) is 1. The number of nitrogens with zero attached hydrogens (tertiary/aromatic N) is 4. The topological polar surface area (TPSA) is 59.4 Å². The minimum absolute atomic E-state index is 0.280. The van der Waals surface area contributed by atoms with Gasteiger partial charge in [-0.1, -0.05) is 41.9 Å². The smallest absolute Gasteiger partial charge is 0.181 e. The largest absolute Gasteiger partial charge is 0.300 e. The van der Waals surface area contributed by atoms with Crippen LogP contribution in [0.15, 0.2) is 85.1 Å². The summed E-state index contributed by atoms with van der Waals surface area (Å²) in [4.78, 5) is 9.44. The van der Waals surface area contributed by atoms with Crippen molar-refractivity contribution < 1.29 is 4.39 Å². The molecule has 158 valence electrons. The highest BCUT2D eigenvalue weighted by Gasteiger charge is 2.13. The number of aromatic amines is 1. The number of halogens is 2. The fourth-order valence-electron chi connectivity index (χ4n) is 3.52. The van der Waals surface area contributed by atoms with E-state index < -0.39 is 0 Å². The van der Waals surface area contributed by atoms with Crippen LogP contribution in [0.1, 0.15) is 11.5 Å². The van der Waals surface area contributed by atoms with E-state index in [0.717, 1.165) is 34.2 Å². The van der Waals surface area contributed by atoms with Gasteiger partial charge in [0.25, 0.3) is 0 Å². The van der Waals surface area contributed by atoms with Crippen molar-refractivity contribution in [2.45, 2.75) is 12.8 Å². The molecule has 0 aliphatic carbocycles. The van der Waals surface area contributed by atoms with E-state index in [4.69, 9.17) is 16.6 Å². The van der Waals surface area contributed by atoms with E-state index in [2.05, 4.69) is 15.2 Å². The Kier molecular flexibility index (Phi) is 5.52. The number of benzene rings is 3. The van der Waals surface area contributed by atoms with Gasteiger partial charge in [0.2, 0.25) is 0 Å². The average molecular weight is 444 g/mol. The van der Waals surface area contributed by atoms with E-state index in [1.165, 1.54) is 12.1 Å². The number of aryl methyl sites for hydroxylation is 2. The van der Waals surface area contributed by atoms with Crippen LogP contribution in [0.4, 0.5) is 4.39 Å². The Bertz CT molecular complexity index is 1260. The summed E-state index contributed by atoms with van der Waals surface area (Å²) in [7, 11) is 0. The fourth-order valence-corrected chi connectivity index (χ4v) is 3.65. The molecule has 0 amide bonds. The molecule has 5 nitrogen and oxygen atoms in total. The van der Waals surface area contributed by atoms with E-state index in [0.29, 0.717) is 23.7 Å². The van der Waals surface area contributed by atoms with Crippen molar-refractivity contribution >= 4 is 11.6 Å². The van der Waals surface area contributed by atoms with Crippen LogP contribution in [0.5, 0.6) is 0 Å². The van der Waals surface area contributed by atoms with Crippen molar-refractivity contribution in [3.8, 4) is 28.5 Å². The molecular formula is C25H19ClFN5. The minimum Gasteiger partial charge on any atom is -0.300 e. The maximum absolute atomic E-state index is 13.5. The van der Waals surface area contributed by atoms with Crippen molar-refractivity contribution in [2.24, 2.45) is 0 Å². The Hall–Kier alpha value is -3.77. The summed E-state index contributed by atoms with van der Waals surface area (Å²) in [6.45, 7) is 0. The second-order valence-corrected chi connectivity index (χ2v) is 7.82. The van der Waals surface area contributed by atoms with Crippen molar-refractivity contribution in [3.63, 3.8) is 0 Å². The zero-order chi connectivity index (χ0) is 21.9. The summed E-state index contributed by atoms with van der Waals surface area (Å²) in [6.07, 6.45) is 3.34. The van der Waals surface area contributed by atoms with Gasteiger partial charge in [0.1, 0.15) is 17.5 Å². The molecule has 0 bridgehead atoms. The van der Waals surface area contributed by atoms with E-state index in [1.54, 1.807) is 12.1 Å². The van der Waals surface area contributed by atoms with Gasteiger partial charge in [-0.3, -0.25) is 9.67 Å². The molecule has 5 aromatic rings. The molecule has 0 saturated heterocycles. The molecule has 32 heavy (non-hydrogen) atoms. The van der Waals surface area contributed by atoms with Gasteiger partial charge < -0.3 is 0 Å². The van der Waals surface area contributed by atoms with Crippen LogP contribution >= 0.6 is 11.6 Å². The molecule has 0 aliphatic heterocycles. The lowest BCUT2D eigenvalue weighted by Crippen LogP contribution is -1.96. The zero-order valence-electron chi connectivity index (χ0n) is 17.0. The number of H-pyrrole nitrogens is 1. The monoisotopic (exact) mass is 443 g/mol. The van der Waals surface area contributed by atoms with Gasteiger partial charge in [-0.15, -0.1) is 0 Å². The predicted molar refractivity (Wildman–Crippen MR) is 123 cm³/mol. The normalized spacial score (nSPS) is 11.1. The van der Waals surface area contributed by atoms with Gasteiger partial charge in [-0.25, -0.2) is 14.4 Å². The lowest BCUT2D eigenvalue weighted by Gasteiger charge is -2.08. The number of nitrogens with one attached hydrogen (secondary N) is 1. The zero-order valence-corrected chi connectivity index (χ0v) is 17.8. The first-order valence-corrected chi connectivity index (χ1v) is 10.6. The Morgan fingerprint density at radius 3 is 2.31 bits per heavy atom. The van der Waals surface area contributed by atoms with Gasteiger partial charge in [0, 0.05) is 34.5 Å². The Morgan fingerprint density at radius 2 is 1.56 bits per heavy atom. The predicted octanol–water partition coefficient (Wildman–Crippen LogP) is 5.90. The van der Waals surface area contributed by atoms with Crippen molar-refractivity contribution in [3.05, 3.63) is 107 Å². The molecule has 0 atom stereocenters. The van der Waals surface area contributed by atoms with Crippen molar-refractivity contribution in [2.75, 3.05) is 0 Å². The summed E-state index contributed by atoms with van der Waals surface area (Å²) >= 11 is 6.06. The van der Waals surface area contributed by atoms with Crippen LogP contribution < -0.4 is 0 Å². The molecule has 0 fully saturated rings. The van der Waals surface area contributed by atoms with E-state index >= 15 is 0 Å². The van der Waals surface area contributed by atoms with Crippen LogP contribution in [0.3, 0.4) is 0 Å². The van der Waals surface area contributed by atoms with Crippen LogP contribution in [-0.2, 0) is 12.8 Å². The maximum Gasteiger partial charge on any atom is 0.181 e.